The molecule has 0 atom stereocenters. The number of nitrogens with one attached hydrogen (secondary N) is 1. The molecule has 0 aliphatic rings. The van der Waals surface area contributed by atoms with Gasteiger partial charge in [-0.3, -0.25) is 4.79 Å². The molecule has 3 aromatic carbocycles. The highest BCUT2D eigenvalue weighted by Gasteiger charge is 2.18. The standard InChI is InChI=1S/C23H23NO6S/c1-29-20-7-4-8-21(30-2)23(20)17-6-3-5-16(13-17)14-24-18-9-11-19(12-10-18)31(27,28)15-22(25)26/h3-13,24H,14-15H2,1-2H3,(H,25,26). The van der Waals surface area contributed by atoms with E-state index in [0.717, 1.165) is 22.4 Å². The molecule has 0 unspecified atom stereocenters. The van der Waals surface area contributed by atoms with Crippen molar-refractivity contribution in [2.24, 2.45) is 0 Å². The number of benzene rings is 3. The van der Waals surface area contributed by atoms with Crippen LogP contribution in [0.5, 0.6) is 11.5 Å². The first kappa shape index (κ1) is 22.2. The molecule has 0 fully saturated rings. The Morgan fingerprint density at radius 3 is 2.13 bits per heavy atom. The van der Waals surface area contributed by atoms with Crippen LogP contribution < -0.4 is 14.8 Å². The van der Waals surface area contributed by atoms with E-state index in [4.69, 9.17) is 14.6 Å². The van der Waals surface area contributed by atoms with Crippen molar-refractivity contribution >= 4 is 21.5 Å². The summed E-state index contributed by atoms with van der Waals surface area (Å²) in [6, 6.07) is 19.6. The number of carboxylic acid groups (broad SMARTS) is 1. The monoisotopic (exact) mass is 441 g/mol. The van der Waals surface area contributed by atoms with E-state index in [1.165, 1.54) is 12.1 Å². The zero-order valence-electron chi connectivity index (χ0n) is 17.2. The van der Waals surface area contributed by atoms with E-state index in [0.29, 0.717) is 18.0 Å². The summed E-state index contributed by atoms with van der Waals surface area (Å²) in [5.41, 5.74) is 3.54. The van der Waals surface area contributed by atoms with Crippen molar-refractivity contribution in [1.29, 1.82) is 0 Å². The molecule has 162 valence electrons. The van der Waals surface area contributed by atoms with Crippen molar-refractivity contribution in [1.82, 2.24) is 0 Å². The van der Waals surface area contributed by atoms with Gasteiger partial charge in [0, 0.05) is 12.2 Å². The quantitative estimate of drug-likeness (QED) is 0.520. The van der Waals surface area contributed by atoms with Gasteiger partial charge in [0.1, 0.15) is 11.5 Å². The van der Waals surface area contributed by atoms with Crippen LogP contribution >= 0.6 is 0 Å². The van der Waals surface area contributed by atoms with Gasteiger partial charge in [0.05, 0.1) is 24.7 Å². The second kappa shape index (κ2) is 9.53. The Morgan fingerprint density at radius 2 is 1.55 bits per heavy atom. The van der Waals surface area contributed by atoms with Gasteiger partial charge in [0.2, 0.25) is 0 Å². The Kier molecular flexibility index (Phi) is 6.81. The molecule has 3 rings (SSSR count). The lowest BCUT2D eigenvalue weighted by atomic mass is 10.0. The van der Waals surface area contributed by atoms with Crippen molar-refractivity contribution in [3.63, 3.8) is 0 Å². The fraction of sp³-hybridized carbons (Fsp3) is 0.174. The van der Waals surface area contributed by atoms with Gasteiger partial charge >= 0.3 is 5.97 Å². The fourth-order valence-electron chi connectivity index (χ4n) is 3.20. The molecule has 0 saturated carbocycles. The Labute approximate surface area is 181 Å². The molecule has 0 saturated heterocycles. The molecule has 0 spiro atoms. The highest BCUT2D eigenvalue weighted by Crippen LogP contribution is 2.38. The largest absolute Gasteiger partial charge is 0.496 e. The number of carbonyl (C=O) groups is 1. The summed E-state index contributed by atoms with van der Waals surface area (Å²) in [7, 11) is -0.614. The number of aliphatic carboxylic acids is 1. The molecule has 0 aliphatic carbocycles. The Morgan fingerprint density at radius 1 is 0.935 bits per heavy atom. The molecular weight excluding hydrogens is 418 g/mol. The van der Waals surface area contributed by atoms with Crippen LogP contribution in [0.25, 0.3) is 11.1 Å². The van der Waals surface area contributed by atoms with E-state index in [9.17, 15) is 13.2 Å². The van der Waals surface area contributed by atoms with Crippen LogP contribution in [0.15, 0.2) is 71.6 Å². The van der Waals surface area contributed by atoms with Crippen molar-refractivity contribution in [3.05, 3.63) is 72.3 Å². The number of hydrogen-bond donors (Lipinski definition) is 2. The first-order chi connectivity index (χ1) is 14.8. The average molecular weight is 442 g/mol. The minimum Gasteiger partial charge on any atom is -0.496 e. The lowest BCUT2D eigenvalue weighted by Crippen LogP contribution is -2.15. The highest BCUT2D eigenvalue weighted by molar-refractivity contribution is 7.92. The maximum atomic E-state index is 12.0. The third-order valence-electron chi connectivity index (χ3n) is 4.67. The third-order valence-corrected chi connectivity index (χ3v) is 6.28. The van der Waals surface area contributed by atoms with Crippen LogP contribution in [-0.4, -0.2) is 39.5 Å². The normalized spacial score (nSPS) is 11.0. The second-order valence-corrected chi connectivity index (χ2v) is 8.76. The van der Waals surface area contributed by atoms with Gasteiger partial charge in [-0.2, -0.15) is 0 Å². The van der Waals surface area contributed by atoms with Crippen LogP contribution in [0.4, 0.5) is 5.69 Å². The lowest BCUT2D eigenvalue weighted by Gasteiger charge is -2.14. The molecule has 0 radical (unpaired) electrons. The summed E-state index contributed by atoms with van der Waals surface area (Å²) in [5.74, 6) is -0.891. The topological polar surface area (TPSA) is 102 Å². The number of hydrogen-bond acceptors (Lipinski definition) is 6. The van der Waals surface area contributed by atoms with Crippen molar-refractivity contribution in [3.8, 4) is 22.6 Å². The van der Waals surface area contributed by atoms with Crippen molar-refractivity contribution in [2.45, 2.75) is 11.4 Å². The maximum Gasteiger partial charge on any atom is 0.319 e. The molecule has 0 heterocycles. The average Bonchev–Trinajstić information content (AvgIpc) is 2.76. The minimum atomic E-state index is -3.84. The number of sulfone groups is 1. The van der Waals surface area contributed by atoms with E-state index >= 15 is 0 Å². The molecule has 0 aromatic heterocycles. The SMILES string of the molecule is COc1cccc(OC)c1-c1cccc(CNc2ccc(S(=O)(=O)CC(=O)O)cc2)c1. The van der Waals surface area contributed by atoms with Gasteiger partial charge in [-0.1, -0.05) is 24.3 Å². The number of ether oxygens (including phenoxy) is 2. The molecule has 3 aromatic rings. The zero-order valence-corrected chi connectivity index (χ0v) is 18.0. The first-order valence-electron chi connectivity index (χ1n) is 9.43. The van der Waals surface area contributed by atoms with E-state index < -0.39 is 21.6 Å². The Bertz CT molecular complexity index is 1150. The molecule has 2 N–H and O–H groups in total. The number of rotatable bonds is 9. The summed E-state index contributed by atoms with van der Waals surface area (Å²) in [6.07, 6.45) is 0. The Hall–Kier alpha value is -3.52. The summed E-state index contributed by atoms with van der Waals surface area (Å²) in [5, 5.41) is 12.0. The van der Waals surface area contributed by atoms with Crippen LogP contribution in [0, 0.1) is 0 Å². The fourth-order valence-corrected chi connectivity index (χ4v) is 4.25. The van der Waals surface area contributed by atoms with Crippen molar-refractivity contribution < 1.29 is 27.8 Å². The van der Waals surface area contributed by atoms with E-state index in [2.05, 4.69) is 5.32 Å². The summed E-state index contributed by atoms with van der Waals surface area (Å²) in [6.45, 7) is 0.506. The molecule has 8 heteroatoms. The maximum absolute atomic E-state index is 12.0. The molecular formula is C23H23NO6S. The van der Waals surface area contributed by atoms with Gasteiger partial charge in [0.25, 0.3) is 0 Å². The van der Waals surface area contributed by atoms with Crippen LogP contribution in [-0.2, 0) is 21.2 Å². The van der Waals surface area contributed by atoms with Gasteiger partial charge in [-0.05, 0) is 53.6 Å². The number of methoxy groups -OCH3 is 2. The predicted octanol–water partition coefficient (Wildman–Crippen LogP) is 3.84. The molecule has 0 aliphatic heterocycles. The van der Waals surface area contributed by atoms with Crippen molar-refractivity contribution in [2.75, 3.05) is 25.3 Å². The number of carboxylic acids is 1. The third kappa shape index (κ3) is 5.35. The number of anilines is 1. The van der Waals surface area contributed by atoms with Gasteiger partial charge in [-0.25, -0.2) is 8.42 Å². The second-order valence-electron chi connectivity index (χ2n) is 6.77. The smallest absolute Gasteiger partial charge is 0.319 e. The molecule has 0 amide bonds. The van der Waals surface area contributed by atoms with Crippen LogP contribution in [0.2, 0.25) is 0 Å². The van der Waals surface area contributed by atoms with E-state index in [1.54, 1.807) is 26.4 Å². The summed E-state index contributed by atoms with van der Waals surface area (Å²) in [4.78, 5) is 10.7. The van der Waals surface area contributed by atoms with Gasteiger partial charge in [-0.15, -0.1) is 0 Å². The lowest BCUT2D eigenvalue weighted by molar-refractivity contribution is -0.134. The van der Waals surface area contributed by atoms with Crippen LogP contribution in [0.1, 0.15) is 5.56 Å². The highest BCUT2D eigenvalue weighted by atomic mass is 32.2. The molecule has 7 nitrogen and oxygen atoms in total. The zero-order chi connectivity index (χ0) is 22.4. The summed E-state index contributed by atoms with van der Waals surface area (Å²) < 4.78 is 35.0. The van der Waals surface area contributed by atoms with Crippen LogP contribution in [0.3, 0.4) is 0 Å². The summed E-state index contributed by atoms with van der Waals surface area (Å²) >= 11 is 0. The minimum absolute atomic E-state index is 0.0225. The molecule has 31 heavy (non-hydrogen) atoms. The first-order valence-corrected chi connectivity index (χ1v) is 11.1. The van der Waals surface area contributed by atoms with Gasteiger partial charge < -0.3 is 19.9 Å². The van der Waals surface area contributed by atoms with E-state index in [-0.39, 0.29) is 4.90 Å². The van der Waals surface area contributed by atoms with Gasteiger partial charge in [0.15, 0.2) is 15.6 Å². The Balaban J connectivity index is 1.77. The van der Waals surface area contributed by atoms with E-state index in [1.807, 2.05) is 42.5 Å². The predicted molar refractivity (Wildman–Crippen MR) is 118 cm³/mol. The molecule has 0 bridgehead atoms.